The first-order chi connectivity index (χ1) is 12.2. The van der Waals surface area contributed by atoms with Crippen LogP contribution >= 0.6 is 24.0 Å². The SMILES string of the molecule is CCNC(=NCc1ccc(C#N)cc1)NC1CCCn2nc(C)nc21.I. The molecule has 0 spiro atoms. The number of aliphatic imine (C=N–C) groups is 1. The summed E-state index contributed by atoms with van der Waals surface area (Å²) in [6, 6.07) is 9.76. The van der Waals surface area contributed by atoms with E-state index in [9.17, 15) is 0 Å². The van der Waals surface area contributed by atoms with Gasteiger partial charge in [-0.05, 0) is 44.4 Å². The summed E-state index contributed by atoms with van der Waals surface area (Å²) in [4.78, 5) is 9.23. The van der Waals surface area contributed by atoms with E-state index in [1.165, 1.54) is 0 Å². The quantitative estimate of drug-likeness (QED) is 0.412. The minimum atomic E-state index is 0. The Morgan fingerprint density at radius 1 is 1.38 bits per heavy atom. The third kappa shape index (κ3) is 4.94. The van der Waals surface area contributed by atoms with E-state index >= 15 is 0 Å². The van der Waals surface area contributed by atoms with Crippen LogP contribution in [0.2, 0.25) is 0 Å². The van der Waals surface area contributed by atoms with Crippen molar-refractivity contribution < 1.29 is 0 Å². The Balaban J connectivity index is 0.00000243. The van der Waals surface area contributed by atoms with Crippen molar-refractivity contribution in [2.45, 2.75) is 45.8 Å². The van der Waals surface area contributed by atoms with E-state index in [2.05, 4.69) is 31.8 Å². The number of aryl methyl sites for hydroxylation is 2. The highest BCUT2D eigenvalue weighted by molar-refractivity contribution is 14.0. The highest BCUT2D eigenvalue weighted by atomic mass is 127. The van der Waals surface area contributed by atoms with Gasteiger partial charge >= 0.3 is 0 Å². The predicted molar refractivity (Wildman–Crippen MR) is 111 cm³/mol. The number of rotatable bonds is 4. The van der Waals surface area contributed by atoms with Gasteiger partial charge in [0.2, 0.25) is 0 Å². The van der Waals surface area contributed by atoms with Crippen molar-refractivity contribution in [3.63, 3.8) is 0 Å². The van der Waals surface area contributed by atoms with Gasteiger partial charge in [-0.3, -0.25) is 0 Å². The van der Waals surface area contributed by atoms with Gasteiger partial charge in [0.05, 0.1) is 24.2 Å². The van der Waals surface area contributed by atoms with Crippen molar-refractivity contribution >= 4 is 29.9 Å². The van der Waals surface area contributed by atoms with Crippen LogP contribution in [0.1, 0.15) is 48.6 Å². The van der Waals surface area contributed by atoms with Crippen molar-refractivity contribution in [1.29, 1.82) is 5.26 Å². The summed E-state index contributed by atoms with van der Waals surface area (Å²) in [5, 5.41) is 20.1. The molecule has 1 aliphatic rings. The molecule has 1 aromatic heterocycles. The van der Waals surface area contributed by atoms with Crippen LogP contribution in [0.4, 0.5) is 0 Å². The first-order valence-electron chi connectivity index (χ1n) is 8.65. The molecule has 26 heavy (non-hydrogen) atoms. The maximum atomic E-state index is 8.87. The van der Waals surface area contributed by atoms with E-state index in [0.29, 0.717) is 12.1 Å². The van der Waals surface area contributed by atoms with Gasteiger partial charge in [-0.1, -0.05) is 12.1 Å². The standard InChI is InChI=1S/C18H23N7.HI/c1-3-20-18(21-12-15-8-6-14(11-19)7-9-15)23-16-5-4-10-25-17(16)22-13(2)24-25;/h6-9,16H,3-5,10,12H2,1-2H3,(H2,20,21,23);1H. The summed E-state index contributed by atoms with van der Waals surface area (Å²) < 4.78 is 1.99. The van der Waals surface area contributed by atoms with Gasteiger partial charge in [-0.2, -0.15) is 10.4 Å². The van der Waals surface area contributed by atoms with Crippen LogP contribution in [-0.2, 0) is 13.1 Å². The van der Waals surface area contributed by atoms with Gasteiger partial charge in [-0.25, -0.2) is 14.7 Å². The first kappa shape index (κ1) is 20.2. The molecule has 0 bridgehead atoms. The van der Waals surface area contributed by atoms with Gasteiger partial charge in [0.1, 0.15) is 11.6 Å². The van der Waals surface area contributed by atoms with Gasteiger partial charge < -0.3 is 10.6 Å². The molecule has 0 saturated carbocycles. The first-order valence-corrected chi connectivity index (χ1v) is 8.65. The Bertz CT molecular complexity index is 789. The molecule has 1 unspecified atom stereocenters. The fourth-order valence-corrected chi connectivity index (χ4v) is 2.95. The summed E-state index contributed by atoms with van der Waals surface area (Å²) >= 11 is 0. The number of nitrogens with one attached hydrogen (secondary N) is 2. The van der Waals surface area contributed by atoms with Crippen molar-refractivity contribution in [3.8, 4) is 6.07 Å². The van der Waals surface area contributed by atoms with Gasteiger partial charge in [0.25, 0.3) is 0 Å². The highest BCUT2D eigenvalue weighted by Gasteiger charge is 2.24. The molecule has 8 heteroatoms. The molecule has 0 radical (unpaired) electrons. The van der Waals surface area contributed by atoms with Gasteiger partial charge in [-0.15, -0.1) is 24.0 Å². The Labute approximate surface area is 170 Å². The highest BCUT2D eigenvalue weighted by Crippen LogP contribution is 2.22. The maximum absolute atomic E-state index is 8.87. The number of guanidine groups is 1. The summed E-state index contributed by atoms with van der Waals surface area (Å²) in [5.74, 6) is 2.56. The average molecular weight is 465 g/mol. The second-order valence-electron chi connectivity index (χ2n) is 6.08. The number of nitrogens with zero attached hydrogens (tertiary/aromatic N) is 5. The lowest BCUT2D eigenvalue weighted by molar-refractivity contribution is 0.397. The van der Waals surface area contributed by atoms with Gasteiger partial charge in [0.15, 0.2) is 5.96 Å². The average Bonchev–Trinajstić information content (AvgIpc) is 3.01. The number of aromatic nitrogens is 3. The topological polar surface area (TPSA) is 90.9 Å². The van der Waals surface area contributed by atoms with Crippen LogP contribution in [0, 0.1) is 18.3 Å². The second kappa shape index (κ2) is 9.52. The summed E-state index contributed by atoms with van der Waals surface area (Å²) in [7, 11) is 0. The van der Waals surface area contributed by atoms with Crippen LogP contribution in [0.25, 0.3) is 0 Å². The van der Waals surface area contributed by atoms with Crippen molar-refractivity contribution in [3.05, 3.63) is 47.0 Å². The maximum Gasteiger partial charge on any atom is 0.192 e. The van der Waals surface area contributed by atoms with Crippen molar-refractivity contribution in [1.82, 2.24) is 25.4 Å². The predicted octanol–water partition coefficient (Wildman–Crippen LogP) is 2.67. The monoisotopic (exact) mass is 465 g/mol. The van der Waals surface area contributed by atoms with Gasteiger partial charge in [0, 0.05) is 13.1 Å². The molecular weight excluding hydrogens is 441 g/mol. The molecule has 1 aromatic carbocycles. The Morgan fingerprint density at radius 2 is 2.15 bits per heavy atom. The number of benzene rings is 1. The molecule has 0 saturated heterocycles. The number of fused-ring (bicyclic) bond motifs is 1. The molecule has 3 rings (SSSR count). The number of hydrogen-bond donors (Lipinski definition) is 2. The van der Waals surface area contributed by atoms with Crippen LogP contribution in [0.5, 0.6) is 0 Å². The molecule has 2 N–H and O–H groups in total. The zero-order valence-corrected chi connectivity index (χ0v) is 17.4. The van der Waals surface area contributed by atoms with E-state index in [-0.39, 0.29) is 30.0 Å². The Hall–Kier alpha value is -2.15. The number of halogens is 1. The molecule has 2 heterocycles. The summed E-state index contributed by atoms with van der Waals surface area (Å²) in [6.07, 6.45) is 2.09. The Kier molecular flexibility index (Phi) is 7.38. The summed E-state index contributed by atoms with van der Waals surface area (Å²) in [5.41, 5.74) is 1.73. The number of nitriles is 1. The van der Waals surface area contributed by atoms with E-state index in [0.717, 1.165) is 49.1 Å². The molecular formula is C18H24IN7. The molecule has 1 atom stereocenters. The van der Waals surface area contributed by atoms with E-state index < -0.39 is 0 Å². The zero-order chi connectivity index (χ0) is 17.6. The zero-order valence-electron chi connectivity index (χ0n) is 15.1. The lowest BCUT2D eigenvalue weighted by atomic mass is 10.1. The fourth-order valence-electron chi connectivity index (χ4n) is 2.95. The van der Waals surface area contributed by atoms with E-state index in [1.54, 1.807) is 0 Å². The third-order valence-corrected chi connectivity index (χ3v) is 4.14. The molecule has 0 amide bonds. The molecule has 2 aromatic rings. The lowest BCUT2D eigenvalue weighted by Gasteiger charge is -2.25. The smallest absolute Gasteiger partial charge is 0.192 e. The Morgan fingerprint density at radius 3 is 2.85 bits per heavy atom. The van der Waals surface area contributed by atoms with E-state index in [1.807, 2.05) is 42.8 Å². The van der Waals surface area contributed by atoms with Crippen LogP contribution in [0.3, 0.4) is 0 Å². The van der Waals surface area contributed by atoms with Crippen LogP contribution in [-0.4, -0.2) is 27.3 Å². The van der Waals surface area contributed by atoms with Crippen molar-refractivity contribution in [2.24, 2.45) is 4.99 Å². The normalized spacial score (nSPS) is 16.2. The summed E-state index contributed by atoms with van der Waals surface area (Å²) in [6.45, 7) is 6.24. The largest absolute Gasteiger partial charge is 0.357 e. The molecule has 0 aliphatic carbocycles. The van der Waals surface area contributed by atoms with Crippen molar-refractivity contribution in [2.75, 3.05) is 6.54 Å². The second-order valence-corrected chi connectivity index (χ2v) is 6.08. The molecule has 1 aliphatic heterocycles. The third-order valence-electron chi connectivity index (χ3n) is 4.14. The van der Waals surface area contributed by atoms with Crippen LogP contribution < -0.4 is 10.6 Å². The van der Waals surface area contributed by atoms with E-state index in [4.69, 9.17) is 5.26 Å². The molecule has 0 fully saturated rings. The fraction of sp³-hybridized carbons (Fsp3) is 0.444. The number of hydrogen-bond acceptors (Lipinski definition) is 4. The lowest BCUT2D eigenvalue weighted by Crippen LogP contribution is -2.41. The molecule has 7 nitrogen and oxygen atoms in total. The minimum absolute atomic E-state index is 0. The van der Waals surface area contributed by atoms with Crippen LogP contribution in [0.15, 0.2) is 29.3 Å². The minimum Gasteiger partial charge on any atom is -0.357 e. The molecule has 138 valence electrons.